The zero-order chi connectivity index (χ0) is 16.9. The minimum absolute atomic E-state index is 0.0833. The predicted octanol–water partition coefficient (Wildman–Crippen LogP) is 0.425. The van der Waals surface area contributed by atoms with Gasteiger partial charge in [0.1, 0.15) is 12.3 Å². The second-order valence-corrected chi connectivity index (χ2v) is 4.98. The Morgan fingerprint density at radius 2 is 2.17 bits per heavy atom. The number of amides is 1. The van der Waals surface area contributed by atoms with Crippen molar-refractivity contribution in [1.82, 2.24) is 25.4 Å². The van der Waals surface area contributed by atoms with Gasteiger partial charge >= 0.3 is 5.69 Å². The Labute approximate surface area is 136 Å². The molecule has 3 aromatic rings. The number of hydrogen-bond donors (Lipinski definition) is 2. The van der Waals surface area contributed by atoms with Gasteiger partial charge in [0.25, 0.3) is 5.91 Å². The van der Waals surface area contributed by atoms with Gasteiger partial charge < -0.3 is 19.6 Å². The number of rotatable bonds is 6. The van der Waals surface area contributed by atoms with Crippen molar-refractivity contribution in [3.8, 4) is 0 Å². The van der Waals surface area contributed by atoms with E-state index in [0.29, 0.717) is 29.0 Å². The van der Waals surface area contributed by atoms with Crippen molar-refractivity contribution in [2.45, 2.75) is 13.0 Å². The molecule has 0 spiro atoms. The molecular formula is C15H15N5O4. The summed E-state index contributed by atoms with van der Waals surface area (Å²) in [6, 6.07) is 6.98. The lowest BCUT2D eigenvalue weighted by Gasteiger charge is -2.05. The van der Waals surface area contributed by atoms with Crippen LogP contribution in [0.2, 0.25) is 0 Å². The molecule has 9 nitrogen and oxygen atoms in total. The molecule has 124 valence electrons. The molecule has 24 heavy (non-hydrogen) atoms. The molecule has 9 heteroatoms. The van der Waals surface area contributed by atoms with Crippen LogP contribution in [0.15, 0.2) is 33.6 Å². The smallest absolute Gasteiger partial charge is 0.346 e. The van der Waals surface area contributed by atoms with E-state index in [1.54, 1.807) is 24.3 Å². The number of nitrogens with one attached hydrogen (secondary N) is 2. The number of aromatic nitrogens is 4. The molecule has 2 N–H and O–H groups in total. The van der Waals surface area contributed by atoms with Crippen LogP contribution in [-0.2, 0) is 17.8 Å². The quantitative estimate of drug-likeness (QED) is 0.672. The average molecular weight is 329 g/mol. The molecule has 0 unspecified atom stereocenters. The SMILES string of the molecule is COCc1noc(CCNC(=O)c2nc(=O)[nH]c3ccccc23)n1. The van der Waals surface area contributed by atoms with E-state index in [2.05, 4.69) is 25.4 Å². The number of methoxy groups -OCH3 is 1. The molecule has 0 atom stereocenters. The van der Waals surface area contributed by atoms with E-state index in [9.17, 15) is 9.59 Å². The number of para-hydroxylation sites is 1. The minimum Gasteiger partial charge on any atom is -0.377 e. The molecule has 2 aromatic heterocycles. The standard InChI is InChI=1S/C15H15N5O4/c1-23-8-11-18-12(24-20-11)6-7-16-14(21)13-9-4-2-3-5-10(9)17-15(22)19-13/h2-5H,6-8H2,1H3,(H,16,21)(H,17,19,22). The van der Waals surface area contributed by atoms with Gasteiger partial charge in [-0.1, -0.05) is 23.4 Å². The van der Waals surface area contributed by atoms with Crippen LogP contribution in [0.1, 0.15) is 22.2 Å². The summed E-state index contributed by atoms with van der Waals surface area (Å²) >= 11 is 0. The first-order chi connectivity index (χ1) is 11.7. The zero-order valence-corrected chi connectivity index (χ0v) is 12.9. The maximum Gasteiger partial charge on any atom is 0.346 e. The normalized spacial score (nSPS) is 10.9. The van der Waals surface area contributed by atoms with Crippen LogP contribution in [0.3, 0.4) is 0 Å². The molecule has 0 aliphatic rings. The van der Waals surface area contributed by atoms with E-state index in [-0.39, 0.29) is 18.8 Å². The van der Waals surface area contributed by atoms with E-state index in [1.165, 1.54) is 7.11 Å². The number of ether oxygens (including phenoxy) is 1. The highest BCUT2D eigenvalue weighted by atomic mass is 16.5. The first-order valence-electron chi connectivity index (χ1n) is 7.25. The van der Waals surface area contributed by atoms with Crippen LogP contribution in [0, 0.1) is 0 Å². The van der Waals surface area contributed by atoms with Gasteiger partial charge in [0.05, 0.1) is 5.52 Å². The highest BCUT2D eigenvalue weighted by Gasteiger charge is 2.13. The van der Waals surface area contributed by atoms with Crippen molar-refractivity contribution in [3.05, 3.63) is 52.2 Å². The highest BCUT2D eigenvalue weighted by molar-refractivity contribution is 6.04. The molecule has 0 saturated carbocycles. The fourth-order valence-corrected chi connectivity index (χ4v) is 2.22. The lowest BCUT2D eigenvalue weighted by Crippen LogP contribution is -2.29. The Kier molecular flexibility index (Phi) is 4.62. The van der Waals surface area contributed by atoms with Gasteiger partial charge in [-0.3, -0.25) is 4.79 Å². The summed E-state index contributed by atoms with van der Waals surface area (Å²) in [6.45, 7) is 0.537. The van der Waals surface area contributed by atoms with E-state index < -0.39 is 11.6 Å². The molecule has 0 radical (unpaired) electrons. The van der Waals surface area contributed by atoms with E-state index in [1.807, 2.05) is 0 Å². The van der Waals surface area contributed by atoms with Gasteiger partial charge in [-0.2, -0.15) is 9.97 Å². The van der Waals surface area contributed by atoms with Crippen LogP contribution >= 0.6 is 0 Å². The molecule has 3 rings (SSSR count). The number of carbonyl (C=O) groups excluding carboxylic acids is 1. The Morgan fingerprint density at radius 1 is 1.33 bits per heavy atom. The zero-order valence-electron chi connectivity index (χ0n) is 12.9. The third-order valence-corrected chi connectivity index (χ3v) is 3.26. The maximum absolute atomic E-state index is 12.3. The lowest BCUT2D eigenvalue weighted by atomic mass is 10.2. The highest BCUT2D eigenvalue weighted by Crippen LogP contribution is 2.12. The minimum atomic E-state index is -0.569. The molecule has 1 aromatic carbocycles. The largest absolute Gasteiger partial charge is 0.377 e. The molecule has 0 aliphatic carbocycles. The van der Waals surface area contributed by atoms with Crippen LogP contribution in [0.4, 0.5) is 0 Å². The molecule has 0 aliphatic heterocycles. The first kappa shape index (κ1) is 15.8. The fraction of sp³-hybridized carbons (Fsp3) is 0.267. The third kappa shape index (κ3) is 3.46. The second-order valence-electron chi connectivity index (χ2n) is 4.98. The number of aromatic amines is 1. The van der Waals surface area contributed by atoms with Crippen LogP contribution in [0.25, 0.3) is 10.9 Å². The topological polar surface area (TPSA) is 123 Å². The van der Waals surface area contributed by atoms with Gasteiger partial charge in [0.15, 0.2) is 5.82 Å². The van der Waals surface area contributed by atoms with Gasteiger partial charge in [0, 0.05) is 25.5 Å². The summed E-state index contributed by atoms with van der Waals surface area (Å²) in [5.74, 6) is 0.404. The van der Waals surface area contributed by atoms with E-state index >= 15 is 0 Å². The summed E-state index contributed by atoms with van der Waals surface area (Å²) in [6.07, 6.45) is 0.365. The van der Waals surface area contributed by atoms with Gasteiger partial charge in [-0.05, 0) is 6.07 Å². The predicted molar refractivity (Wildman–Crippen MR) is 83.4 cm³/mol. The monoisotopic (exact) mass is 329 g/mol. The molecule has 2 heterocycles. The number of carbonyl (C=O) groups is 1. The van der Waals surface area contributed by atoms with Crippen molar-refractivity contribution in [2.75, 3.05) is 13.7 Å². The summed E-state index contributed by atoms with van der Waals surface area (Å²) in [5.41, 5.74) is 0.0728. The van der Waals surface area contributed by atoms with Crippen molar-refractivity contribution >= 4 is 16.8 Å². The molecule has 0 saturated heterocycles. The number of hydrogen-bond acceptors (Lipinski definition) is 7. The first-order valence-corrected chi connectivity index (χ1v) is 7.25. The lowest BCUT2D eigenvalue weighted by molar-refractivity contribution is 0.0950. The summed E-state index contributed by atoms with van der Waals surface area (Å²) in [5, 5.41) is 7.01. The Balaban J connectivity index is 1.68. The Hall–Kier alpha value is -3.07. The van der Waals surface area contributed by atoms with Crippen LogP contribution < -0.4 is 11.0 Å². The van der Waals surface area contributed by atoms with E-state index in [0.717, 1.165) is 0 Å². The van der Waals surface area contributed by atoms with Crippen molar-refractivity contribution in [2.24, 2.45) is 0 Å². The van der Waals surface area contributed by atoms with Crippen molar-refractivity contribution in [1.29, 1.82) is 0 Å². The van der Waals surface area contributed by atoms with Gasteiger partial charge in [-0.15, -0.1) is 0 Å². The third-order valence-electron chi connectivity index (χ3n) is 3.26. The Bertz CT molecular complexity index is 917. The molecule has 1 amide bonds. The summed E-state index contributed by atoms with van der Waals surface area (Å²) in [4.78, 5) is 34.3. The summed E-state index contributed by atoms with van der Waals surface area (Å²) in [7, 11) is 1.54. The van der Waals surface area contributed by atoms with Crippen LogP contribution in [-0.4, -0.2) is 39.7 Å². The number of H-pyrrole nitrogens is 1. The van der Waals surface area contributed by atoms with E-state index in [4.69, 9.17) is 9.26 Å². The van der Waals surface area contributed by atoms with Crippen molar-refractivity contribution in [3.63, 3.8) is 0 Å². The number of benzene rings is 1. The summed E-state index contributed by atoms with van der Waals surface area (Å²) < 4.78 is 9.93. The maximum atomic E-state index is 12.3. The molecular weight excluding hydrogens is 314 g/mol. The molecule has 0 bridgehead atoms. The number of fused-ring (bicyclic) bond motifs is 1. The molecule has 0 fully saturated rings. The average Bonchev–Trinajstić information content (AvgIpc) is 3.01. The van der Waals surface area contributed by atoms with Gasteiger partial charge in [0.2, 0.25) is 5.89 Å². The second kappa shape index (κ2) is 7.01. The van der Waals surface area contributed by atoms with Gasteiger partial charge in [-0.25, -0.2) is 4.79 Å². The Morgan fingerprint density at radius 3 is 3.00 bits per heavy atom. The van der Waals surface area contributed by atoms with Crippen LogP contribution in [0.5, 0.6) is 0 Å². The van der Waals surface area contributed by atoms with Crippen molar-refractivity contribution < 1.29 is 14.1 Å². The number of nitrogens with zero attached hydrogens (tertiary/aromatic N) is 3. The fourth-order valence-electron chi connectivity index (χ4n) is 2.22.